The van der Waals surface area contributed by atoms with Gasteiger partial charge < -0.3 is 19.9 Å². The molecule has 7 nitrogen and oxygen atoms in total. The first-order valence-corrected chi connectivity index (χ1v) is 9.75. The van der Waals surface area contributed by atoms with Gasteiger partial charge in [0.15, 0.2) is 11.8 Å². The fraction of sp³-hybridized carbons (Fsp3) is 0.550. The van der Waals surface area contributed by atoms with Gasteiger partial charge in [-0.1, -0.05) is 25.1 Å². The monoisotopic (exact) mass is 426 g/mol. The summed E-state index contributed by atoms with van der Waals surface area (Å²) >= 11 is 0. The Morgan fingerprint density at radius 1 is 1.23 bits per heavy atom. The van der Waals surface area contributed by atoms with Crippen LogP contribution in [0.4, 0.5) is 13.2 Å². The Balaban J connectivity index is 1.95. The molecule has 0 radical (unpaired) electrons. The second kappa shape index (κ2) is 11.0. The quantitative estimate of drug-likeness (QED) is 0.366. The number of alkyl halides is 3. The molecule has 2 aromatic rings. The van der Waals surface area contributed by atoms with Gasteiger partial charge in [0, 0.05) is 27.2 Å². The van der Waals surface area contributed by atoms with Crippen LogP contribution in [0, 0.1) is 6.92 Å². The topological polar surface area (TPSA) is 76.4 Å². The largest absolute Gasteiger partial charge is 0.416 e. The van der Waals surface area contributed by atoms with Crippen molar-refractivity contribution in [3.8, 4) is 0 Å². The highest BCUT2D eigenvalue weighted by Gasteiger charge is 2.30. The molecule has 0 aliphatic heterocycles. The fourth-order valence-corrected chi connectivity index (χ4v) is 2.78. The number of rotatable bonds is 9. The predicted octanol–water partition coefficient (Wildman–Crippen LogP) is 3.02. The summed E-state index contributed by atoms with van der Waals surface area (Å²) in [5.41, 5.74) is 0.0364. The zero-order valence-electron chi connectivity index (χ0n) is 17.8. The van der Waals surface area contributed by atoms with Crippen molar-refractivity contribution in [1.82, 2.24) is 25.4 Å². The minimum Gasteiger partial charge on any atom is -0.383 e. The van der Waals surface area contributed by atoms with Gasteiger partial charge in [-0.25, -0.2) is 4.99 Å². The van der Waals surface area contributed by atoms with E-state index in [4.69, 9.17) is 4.74 Å². The maximum Gasteiger partial charge on any atom is 0.416 e. The van der Waals surface area contributed by atoms with Gasteiger partial charge in [-0.3, -0.25) is 0 Å². The first kappa shape index (κ1) is 23.7. The zero-order chi connectivity index (χ0) is 22.1. The van der Waals surface area contributed by atoms with Gasteiger partial charge >= 0.3 is 6.18 Å². The number of hydrogen-bond donors (Lipinski definition) is 2. The van der Waals surface area contributed by atoms with Crippen molar-refractivity contribution in [2.75, 3.05) is 26.8 Å². The van der Waals surface area contributed by atoms with Gasteiger partial charge in [0.05, 0.1) is 12.2 Å². The molecule has 0 fully saturated rings. The first-order chi connectivity index (χ1) is 14.2. The summed E-state index contributed by atoms with van der Waals surface area (Å²) in [6.07, 6.45) is -3.69. The number of ether oxygens (including phenoxy) is 1. The van der Waals surface area contributed by atoms with Crippen LogP contribution in [0.1, 0.15) is 42.0 Å². The number of aliphatic imine (C=N–C) groups is 1. The average molecular weight is 426 g/mol. The van der Waals surface area contributed by atoms with E-state index in [1.807, 2.05) is 25.5 Å². The molecule has 0 bridgehead atoms. The summed E-state index contributed by atoms with van der Waals surface area (Å²) < 4.78 is 45.7. The number of benzene rings is 1. The Kier molecular flexibility index (Phi) is 8.64. The van der Waals surface area contributed by atoms with Crippen LogP contribution >= 0.6 is 0 Å². The van der Waals surface area contributed by atoms with E-state index in [-0.39, 0.29) is 5.92 Å². The van der Waals surface area contributed by atoms with Crippen molar-refractivity contribution < 1.29 is 17.9 Å². The molecule has 1 aromatic heterocycles. The third-order valence-corrected chi connectivity index (χ3v) is 4.81. The lowest BCUT2D eigenvalue weighted by Gasteiger charge is -2.17. The standard InChI is InChI=1S/C20H29F3N6O/c1-14(16-6-5-7-17(12-16)20(21,22)23)8-9-24-19(25-10-11-30-4)26-13-18-28-27-15(2)29(18)3/h5-7,12,14H,8-11,13H2,1-4H3,(H2,24,25,26). The molecule has 1 atom stereocenters. The lowest BCUT2D eigenvalue weighted by atomic mass is 9.96. The van der Waals surface area contributed by atoms with Crippen LogP contribution in [0.25, 0.3) is 0 Å². The molecule has 166 valence electrons. The molecule has 10 heteroatoms. The molecule has 0 amide bonds. The van der Waals surface area contributed by atoms with E-state index in [1.165, 1.54) is 12.1 Å². The number of nitrogens with zero attached hydrogens (tertiary/aromatic N) is 4. The van der Waals surface area contributed by atoms with E-state index in [9.17, 15) is 13.2 Å². The highest BCUT2D eigenvalue weighted by atomic mass is 19.4. The van der Waals surface area contributed by atoms with E-state index < -0.39 is 11.7 Å². The third-order valence-electron chi connectivity index (χ3n) is 4.81. The second-order valence-corrected chi connectivity index (χ2v) is 7.05. The van der Waals surface area contributed by atoms with Gasteiger partial charge in [-0.15, -0.1) is 10.2 Å². The van der Waals surface area contributed by atoms with Crippen LogP contribution in [-0.2, 0) is 24.5 Å². The number of aryl methyl sites for hydroxylation is 1. The van der Waals surface area contributed by atoms with Crippen LogP contribution in [0.3, 0.4) is 0 Å². The smallest absolute Gasteiger partial charge is 0.383 e. The highest BCUT2D eigenvalue weighted by molar-refractivity contribution is 5.79. The molecular weight excluding hydrogens is 397 g/mol. The number of aromatic nitrogens is 3. The van der Waals surface area contributed by atoms with E-state index in [0.717, 1.165) is 17.7 Å². The normalized spacial score (nSPS) is 13.4. The van der Waals surface area contributed by atoms with Crippen LogP contribution < -0.4 is 10.6 Å². The number of halogens is 3. The highest BCUT2D eigenvalue weighted by Crippen LogP contribution is 2.31. The summed E-state index contributed by atoms with van der Waals surface area (Å²) in [4.78, 5) is 4.52. The molecule has 0 spiro atoms. The molecule has 2 N–H and O–H groups in total. The average Bonchev–Trinajstić information content (AvgIpc) is 3.03. The Labute approximate surface area is 174 Å². The number of nitrogens with one attached hydrogen (secondary N) is 2. The summed E-state index contributed by atoms with van der Waals surface area (Å²) in [7, 11) is 3.49. The molecular formula is C20H29F3N6O. The van der Waals surface area contributed by atoms with Crippen LogP contribution in [-0.4, -0.2) is 47.5 Å². The van der Waals surface area contributed by atoms with E-state index >= 15 is 0 Å². The Bertz CT molecular complexity index is 834. The van der Waals surface area contributed by atoms with Crippen LogP contribution in [0.5, 0.6) is 0 Å². The van der Waals surface area contributed by atoms with Crippen LogP contribution in [0.15, 0.2) is 29.3 Å². The summed E-state index contributed by atoms with van der Waals surface area (Å²) in [6, 6.07) is 5.48. The van der Waals surface area contributed by atoms with E-state index in [2.05, 4.69) is 25.8 Å². The maximum absolute atomic E-state index is 12.9. The number of hydrogen-bond acceptors (Lipinski definition) is 4. The summed E-state index contributed by atoms with van der Waals surface area (Å²) in [5.74, 6) is 2.08. The number of methoxy groups -OCH3 is 1. The summed E-state index contributed by atoms with van der Waals surface area (Å²) in [6.45, 7) is 5.77. The summed E-state index contributed by atoms with van der Waals surface area (Å²) in [5, 5.41) is 14.5. The maximum atomic E-state index is 12.9. The SMILES string of the molecule is COCCNC(=NCc1nnc(C)n1C)NCCC(C)c1cccc(C(F)(F)F)c1. The molecule has 0 aliphatic rings. The van der Waals surface area contributed by atoms with Gasteiger partial charge in [0.1, 0.15) is 12.4 Å². The molecule has 30 heavy (non-hydrogen) atoms. The van der Waals surface area contributed by atoms with Crippen molar-refractivity contribution in [3.05, 3.63) is 47.0 Å². The van der Waals surface area contributed by atoms with Crippen molar-refractivity contribution in [3.63, 3.8) is 0 Å². The molecule has 1 aromatic carbocycles. The Hall–Kier alpha value is -2.62. The fourth-order valence-electron chi connectivity index (χ4n) is 2.78. The molecule has 1 heterocycles. The minimum absolute atomic E-state index is 0.0404. The third kappa shape index (κ3) is 7.01. The van der Waals surface area contributed by atoms with Gasteiger partial charge in [0.2, 0.25) is 0 Å². The van der Waals surface area contributed by atoms with E-state index in [1.54, 1.807) is 13.2 Å². The van der Waals surface area contributed by atoms with Crippen molar-refractivity contribution in [2.45, 2.75) is 38.9 Å². The van der Waals surface area contributed by atoms with Gasteiger partial charge in [-0.2, -0.15) is 13.2 Å². The van der Waals surface area contributed by atoms with Gasteiger partial charge in [0.25, 0.3) is 0 Å². The van der Waals surface area contributed by atoms with Gasteiger partial charge in [-0.05, 0) is 30.9 Å². The van der Waals surface area contributed by atoms with Crippen molar-refractivity contribution >= 4 is 5.96 Å². The Morgan fingerprint density at radius 3 is 2.60 bits per heavy atom. The first-order valence-electron chi connectivity index (χ1n) is 9.75. The van der Waals surface area contributed by atoms with Crippen molar-refractivity contribution in [2.24, 2.45) is 12.0 Å². The number of guanidine groups is 1. The predicted molar refractivity (Wildman–Crippen MR) is 109 cm³/mol. The molecule has 1 unspecified atom stereocenters. The molecule has 0 saturated carbocycles. The lowest BCUT2D eigenvalue weighted by molar-refractivity contribution is -0.137. The second-order valence-electron chi connectivity index (χ2n) is 7.05. The minimum atomic E-state index is -4.34. The zero-order valence-corrected chi connectivity index (χ0v) is 17.8. The molecule has 2 rings (SSSR count). The lowest BCUT2D eigenvalue weighted by Crippen LogP contribution is -2.39. The molecule has 0 aliphatic carbocycles. The van der Waals surface area contributed by atoms with E-state index in [0.29, 0.717) is 44.2 Å². The van der Waals surface area contributed by atoms with Crippen LogP contribution in [0.2, 0.25) is 0 Å². The Morgan fingerprint density at radius 2 is 1.97 bits per heavy atom. The van der Waals surface area contributed by atoms with Crippen molar-refractivity contribution in [1.29, 1.82) is 0 Å². The molecule has 0 saturated heterocycles.